The lowest BCUT2D eigenvalue weighted by Crippen LogP contribution is -1.98. The van der Waals surface area contributed by atoms with Gasteiger partial charge in [-0.2, -0.15) is 5.26 Å². The van der Waals surface area contributed by atoms with E-state index in [1.165, 1.54) is 6.07 Å². The second-order valence-corrected chi connectivity index (χ2v) is 2.80. The van der Waals surface area contributed by atoms with Crippen LogP contribution in [0.1, 0.15) is 11.1 Å². The summed E-state index contributed by atoms with van der Waals surface area (Å²) in [5.41, 5.74) is 1.40. The molecule has 5 heteroatoms. The molecule has 0 unspecified atom stereocenters. The summed E-state index contributed by atoms with van der Waals surface area (Å²) >= 11 is 0. The average Bonchev–Trinajstić information content (AvgIpc) is 2.16. The zero-order valence-corrected chi connectivity index (χ0v) is 7.87. The van der Waals surface area contributed by atoms with E-state index < -0.39 is 4.92 Å². The third kappa shape index (κ3) is 1.64. The lowest BCUT2D eigenvalue weighted by molar-refractivity contribution is -0.384. The van der Waals surface area contributed by atoms with E-state index in [9.17, 15) is 10.1 Å². The molecule has 0 atom stereocenters. The van der Waals surface area contributed by atoms with Crippen molar-refractivity contribution < 1.29 is 4.92 Å². The summed E-state index contributed by atoms with van der Waals surface area (Å²) in [4.78, 5) is 10.1. The van der Waals surface area contributed by atoms with Crippen molar-refractivity contribution in [2.45, 2.75) is 6.92 Å². The minimum atomic E-state index is -0.508. The summed E-state index contributed by atoms with van der Waals surface area (Å²) in [6, 6.07) is 4.78. The lowest BCUT2D eigenvalue weighted by Gasteiger charge is -2.04. The molecule has 72 valence electrons. The largest absolute Gasteiger partial charge is 0.383 e. The highest BCUT2D eigenvalue weighted by molar-refractivity contribution is 5.66. The average molecular weight is 191 g/mol. The number of benzene rings is 1. The van der Waals surface area contributed by atoms with E-state index in [0.29, 0.717) is 11.3 Å². The minimum absolute atomic E-state index is 0.0744. The molecule has 0 saturated heterocycles. The zero-order valence-electron chi connectivity index (χ0n) is 7.87. The van der Waals surface area contributed by atoms with E-state index in [4.69, 9.17) is 5.26 Å². The maximum absolute atomic E-state index is 10.6. The van der Waals surface area contributed by atoms with Gasteiger partial charge in [0, 0.05) is 13.1 Å². The quantitative estimate of drug-likeness (QED) is 0.571. The number of nitrogens with one attached hydrogen (secondary N) is 1. The van der Waals surface area contributed by atoms with E-state index in [1.54, 1.807) is 20.0 Å². The van der Waals surface area contributed by atoms with Gasteiger partial charge in [-0.05, 0) is 18.6 Å². The highest BCUT2D eigenvalue weighted by Gasteiger charge is 2.15. The van der Waals surface area contributed by atoms with Crippen molar-refractivity contribution in [2.24, 2.45) is 0 Å². The van der Waals surface area contributed by atoms with E-state index in [2.05, 4.69) is 5.32 Å². The number of nitro groups is 1. The number of nitro benzene ring substituents is 1. The van der Waals surface area contributed by atoms with Crippen molar-refractivity contribution in [3.63, 3.8) is 0 Å². The van der Waals surface area contributed by atoms with Gasteiger partial charge in [-0.3, -0.25) is 10.1 Å². The molecule has 0 aliphatic carbocycles. The number of nitriles is 1. The van der Waals surface area contributed by atoms with Crippen molar-refractivity contribution in [2.75, 3.05) is 12.4 Å². The molecule has 0 aliphatic rings. The Labute approximate surface area is 81.1 Å². The number of nitrogens with zero attached hydrogens (tertiary/aromatic N) is 2. The molecular weight excluding hydrogens is 182 g/mol. The van der Waals surface area contributed by atoms with Crippen molar-refractivity contribution in [3.8, 4) is 6.07 Å². The molecule has 0 amide bonds. The van der Waals surface area contributed by atoms with Crippen LogP contribution in [0.5, 0.6) is 0 Å². The molecular formula is C9H9N3O2. The SMILES string of the molecule is CNc1cc(C)c(C#N)cc1[N+](=O)[O-]. The second kappa shape index (κ2) is 3.75. The van der Waals surface area contributed by atoms with Crippen LogP contribution in [-0.4, -0.2) is 12.0 Å². The fourth-order valence-corrected chi connectivity index (χ4v) is 1.17. The number of aryl methyl sites for hydroxylation is 1. The Kier molecular flexibility index (Phi) is 2.67. The highest BCUT2D eigenvalue weighted by Crippen LogP contribution is 2.27. The number of hydrogen-bond acceptors (Lipinski definition) is 4. The van der Waals surface area contributed by atoms with Crippen LogP contribution in [0.15, 0.2) is 12.1 Å². The number of rotatable bonds is 2. The first-order chi connectivity index (χ1) is 6.60. The maximum atomic E-state index is 10.6. The Morgan fingerprint density at radius 2 is 2.21 bits per heavy atom. The van der Waals surface area contributed by atoms with Crippen LogP contribution >= 0.6 is 0 Å². The first kappa shape index (κ1) is 9.99. The number of hydrogen-bond donors (Lipinski definition) is 1. The van der Waals surface area contributed by atoms with Crippen LogP contribution in [-0.2, 0) is 0 Å². The molecule has 0 saturated carbocycles. The van der Waals surface area contributed by atoms with Gasteiger partial charge in [0.25, 0.3) is 5.69 Å². The Morgan fingerprint density at radius 3 is 2.64 bits per heavy atom. The highest BCUT2D eigenvalue weighted by atomic mass is 16.6. The van der Waals surface area contributed by atoms with Crippen molar-refractivity contribution in [3.05, 3.63) is 33.4 Å². The molecule has 1 rings (SSSR count). The fourth-order valence-electron chi connectivity index (χ4n) is 1.17. The summed E-state index contributed by atoms with van der Waals surface area (Å²) < 4.78 is 0. The molecule has 5 nitrogen and oxygen atoms in total. The third-order valence-electron chi connectivity index (χ3n) is 1.93. The molecule has 1 aromatic rings. The minimum Gasteiger partial charge on any atom is -0.383 e. The smallest absolute Gasteiger partial charge is 0.293 e. The van der Waals surface area contributed by atoms with Gasteiger partial charge in [0.1, 0.15) is 5.69 Å². The Bertz CT molecular complexity index is 421. The third-order valence-corrected chi connectivity index (χ3v) is 1.93. The maximum Gasteiger partial charge on any atom is 0.293 e. The van der Waals surface area contributed by atoms with Gasteiger partial charge < -0.3 is 5.32 Å². The van der Waals surface area contributed by atoms with Crippen molar-refractivity contribution in [1.29, 1.82) is 5.26 Å². The van der Waals surface area contributed by atoms with Crippen LogP contribution < -0.4 is 5.32 Å². The summed E-state index contributed by atoms with van der Waals surface area (Å²) in [6.45, 7) is 1.74. The van der Waals surface area contributed by atoms with Crippen molar-refractivity contribution in [1.82, 2.24) is 0 Å². The first-order valence-electron chi connectivity index (χ1n) is 3.97. The van der Waals surface area contributed by atoms with Gasteiger partial charge in [-0.15, -0.1) is 0 Å². The van der Waals surface area contributed by atoms with Crippen LogP contribution in [0, 0.1) is 28.4 Å². The van der Waals surface area contributed by atoms with E-state index in [0.717, 1.165) is 5.56 Å². The Balaban J connectivity index is 3.42. The Hall–Kier alpha value is -2.09. The second-order valence-electron chi connectivity index (χ2n) is 2.80. The zero-order chi connectivity index (χ0) is 10.7. The molecule has 0 radical (unpaired) electrons. The molecule has 0 aliphatic heterocycles. The van der Waals surface area contributed by atoms with Gasteiger partial charge in [-0.1, -0.05) is 0 Å². The van der Waals surface area contributed by atoms with E-state index in [-0.39, 0.29) is 5.69 Å². The molecule has 14 heavy (non-hydrogen) atoms. The molecule has 0 heterocycles. The standard InChI is InChI=1S/C9H9N3O2/c1-6-3-8(11-2)9(12(13)14)4-7(6)5-10/h3-4,11H,1-2H3. The summed E-state index contributed by atoms with van der Waals surface area (Å²) in [6.07, 6.45) is 0. The van der Waals surface area contributed by atoms with E-state index in [1.807, 2.05) is 6.07 Å². The van der Waals surface area contributed by atoms with E-state index >= 15 is 0 Å². The Morgan fingerprint density at radius 1 is 1.57 bits per heavy atom. The fraction of sp³-hybridized carbons (Fsp3) is 0.222. The molecule has 1 aromatic carbocycles. The predicted octanol–water partition coefficient (Wildman–Crippen LogP) is 1.82. The van der Waals surface area contributed by atoms with Crippen LogP contribution in [0.4, 0.5) is 11.4 Å². The molecule has 0 bridgehead atoms. The summed E-state index contributed by atoms with van der Waals surface area (Å²) in [7, 11) is 1.60. The summed E-state index contributed by atoms with van der Waals surface area (Å²) in [5.74, 6) is 0. The molecule has 0 spiro atoms. The van der Waals surface area contributed by atoms with Crippen LogP contribution in [0.2, 0.25) is 0 Å². The summed E-state index contributed by atoms with van der Waals surface area (Å²) in [5, 5.41) is 22.0. The van der Waals surface area contributed by atoms with Crippen LogP contribution in [0.25, 0.3) is 0 Å². The van der Waals surface area contributed by atoms with Gasteiger partial charge >= 0.3 is 0 Å². The van der Waals surface area contributed by atoms with Gasteiger partial charge in [0.15, 0.2) is 0 Å². The molecule has 0 fully saturated rings. The predicted molar refractivity (Wildman–Crippen MR) is 52.1 cm³/mol. The normalized spacial score (nSPS) is 9.21. The van der Waals surface area contributed by atoms with Crippen LogP contribution in [0.3, 0.4) is 0 Å². The number of anilines is 1. The van der Waals surface area contributed by atoms with Gasteiger partial charge in [0.05, 0.1) is 16.6 Å². The van der Waals surface area contributed by atoms with Crippen molar-refractivity contribution >= 4 is 11.4 Å². The first-order valence-corrected chi connectivity index (χ1v) is 3.97. The monoisotopic (exact) mass is 191 g/mol. The van der Waals surface area contributed by atoms with Gasteiger partial charge in [0.2, 0.25) is 0 Å². The molecule has 0 aromatic heterocycles. The lowest BCUT2D eigenvalue weighted by atomic mass is 10.1. The topological polar surface area (TPSA) is 79.0 Å². The van der Waals surface area contributed by atoms with Gasteiger partial charge in [-0.25, -0.2) is 0 Å². The molecule has 1 N–H and O–H groups in total.